The Balaban J connectivity index is 1.80. The number of ether oxygens (including phenoxy) is 1. The molecule has 0 unspecified atom stereocenters. The Morgan fingerprint density at radius 3 is 2.79 bits per heavy atom. The minimum atomic E-state index is -0.273. The first-order chi connectivity index (χ1) is 11.5. The predicted octanol–water partition coefficient (Wildman–Crippen LogP) is 1.98. The standard InChI is InChI=1S/C18H23N3O3/c1-11-4-5-12(8-16(11)24-3)18(23)20-17(13-6-15(22)7-13)14-9-19-21(2)10-14/h4-5,8-10,13,15,17,22H,6-7H2,1-3H3,(H,20,23)/t13?,15?,17-/m0/s1. The maximum atomic E-state index is 12.7. The summed E-state index contributed by atoms with van der Waals surface area (Å²) in [4.78, 5) is 12.7. The molecule has 128 valence electrons. The van der Waals surface area contributed by atoms with Crippen molar-refractivity contribution in [3.05, 3.63) is 47.3 Å². The summed E-state index contributed by atoms with van der Waals surface area (Å²) in [5.74, 6) is 0.767. The number of methoxy groups -OCH3 is 1. The number of aliphatic hydroxyl groups is 1. The largest absolute Gasteiger partial charge is 0.496 e. The summed E-state index contributed by atoms with van der Waals surface area (Å²) < 4.78 is 7.02. The van der Waals surface area contributed by atoms with E-state index in [1.807, 2.05) is 26.2 Å². The Kier molecular flexibility index (Phi) is 4.57. The number of carbonyl (C=O) groups is 1. The number of carbonyl (C=O) groups excluding carboxylic acids is 1. The second-order valence-corrected chi connectivity index (χ2v) is 6.47. The topological polar surface area (TPSA) is 76.4 Å². The fraction of sp³-hybridized carbons (Fsp3) is 0.444. The molecule has 3 rings (SSSR count). The van der Waals surface area contributed by atoms with Gasteiger partial charge in [-0.2, -0.15) is 5.10 Å². The third-order valence-corrected chi connectivity index (χ3v) is 4.66. The van der Waals surface area contributed by atoms with Gasteiger partial charge in [-0.05, 0) is 43.4 Å². The van der Waals surface area contributed by atoms with Crippen molar-refractivity contribution in [1.29, 1.82) is 0 Å². The highest BCUT2D eigenvalue weighted by atomic mass is 16.5. The molecule has 0 aliphatic heterocycles. The molecule has 6 nitrogen and oxygen atoms in total. The van der Waals surface area contributed by atoms with Crippen LogP contribution in [-0.4, -0.2) is 34.0 Å². The fourth-order valence-corrected chi connectivity index (χ4v) is 3.16. The van der Waals surface area contributed by atoms with Gasteiger partial charge in [0.2, 0.25) is 0 Å². The number of amides is 1. The van der Waals surface area contributed by atoms with Crippen molar-refractivity contribution >= 4 is 5.91 Å². The van der Waals surface area contributed by atoms with Crippen LogP contribution in [0, 0.1) is 12.8 Å². The molecule has 1 heterocycles. The summed E-state index contributed by atoms with van der Waals surface area (Å²) in [6, 6.07) is 5.27. The second-order valence-electron chi connectivity index (χ2n) is 6.47. The lowest BCUT2D eigenvalue weighted by molar-refractivity contribution is 0.0235. The molecule has 1 aromatic carbocycles. The number of hydrogen-bond acceptors (Lipinski definition) is 4. The van der Waals surface area contributed by atoms with Gasteiger partial charge in [0.25, 0.3) is 5.91 Å². The smallest absolute Gasteiger partial charge is 0.251 e. The average molecular weight is 329 g/mol. The van der Waals surface area contributed by atoms with Crippen molar-refractivity contribution in [2.75, 3.05) is 7.11 Å². The monoisotopic (exact) mass is 329 g/mol. The van der Waals surface area contributed by atoms with Crippen molar-refractivity contribution in [2.24, 2.45) is 13.0 Å². The molecule has 2 aromatic rings. The van der Waals surface area contributed by atoms with Gasteiger partial charge in [0.05, 0.1) is 25.5 Å². The van der Waals surface area contributed by atoms with Gasteiger partial charge >= 0.3 is 0 Å². The van der Waals surface area contributed by atoms with Gasteiger partial charge in [0.1, 0.15) is 5.75 Å². The average Bonchev–Trinajstić information content (AvgIpc) is 2.96. The van der Waals surface area contributed by atoms with Crippen molar-refractivity contribution in [3.8, 4) is 5.75 Å². The second kappa shape index (κ2) is 6.65. The summed E-state index contributed by atoms with van der Waals surface area (Å²) in [5, 5.41) is 16.9. The number of aromatic nitrogens is 2. The lowest BCUT2D eigenvalue weighted by Crippen LogP contribution is -2.41. The molecule has 2 N–H and O–H groups in total. The van der Waals surface area contributed by atoms with Crippen LogP contribution in [0.5, 0.6) is 5.75 Å². The number of hydrogen-bond donors (Lipinski definition) is 2. The molecule has 6 heteroatoms. The quantitative estimate of drug-likeness (QED) is 0.879. The highest BCUT2D eigenvalue weighted by Crippen LogP contribution is 2.38. The highest BCUT2D eigenvalue weighted by Gasteiger charge is 2.36. The van der Waals surface area contributed by atoms with E-state index in [0.29, 0.717) is 24.2 Å². The molecule has 1 aliphatic rings. The molecule has 0 radical (unpaired) electrons. The zero-order valence-electron chi connectivity index (χ0n) is 14.2. The molecule has 0 saturated heterocycles. The van der Waals surface area contributed by atoms with Crippen LogP contribution in [-0.2, 0) is 7.05 Å². The van der Waals surface area contributed by atoms with Gasteiger partial charge in [-0.3, -0.25) is 9.48 Å². The lowest BCUT2D eigenvalue weighted by Gasteiger charge is -2.37. The summed E-state index contributed by atoms with van der Waals surface area (Å²) in [7, 11) is 3.45. The van der Waals surface area contributed by atoms with Crippen LogP contribution in [0.1, 0.15) is 40.4 Å². The van der Waals surface area contributed by atoms with Gasteiger partial charge in [-0.1, -0.05) is 6.07 Å². The molecular formula is C18H23N3O3. The molecule has 1 fully saturated rings. The molecule has 1 aromatic heterocycles. The number of nitrogens with one attached hydrogen (secondary N) is 1. The minimum absolute atomic E-state index is 0.149. The van der Waals surface area contributed by atoms with E-state index in [4.69, 9.17) is 4.74 Å². The van der Waals surface area contributed by atoms with Crippen molar-refractivity contribution in [1.82, 2.24) is 15.1 Å². The van der Waals surface area contributed by atoms with Crippen LogP contribution in [0.15, 0.2) is 30.6 Å². The molecule has 1 saturated carbocycles. The Labute approximate surface area is 141 Å². The summed E-state index contributed by atoms with van der Waals surface area (Å²) >= 11 is 0. The van der Waals surface area contributed by atoms with Crippen LogP contribution >= 0.6 is 0 Å². The van der Waals surface area contributed by atoms with Gasteiger partial charge in [-0.25, -0.2) is 0 Å². The van der Waals surface area contributed by atoms with Crippen molar-refractivity contribution in [3.63, 3.8) is 0 Å². The summed E-state index contributed by atoms with van der Waals surface area (Å²) in [5.41, 5.74) is 2.51. The molecule has 24 heavy (non-hydrogen) atoms. The maximum absolute atomic E-state index is 12.7. The third-order valence-electron chi connectivity index (χ3n) is 4.66. The summed E-state index contributed by atoms with van der Waals surface area (Å²) in [6.45, 7) is 1.94. The van der Waals surface area contributed by atoms with Crippen LogP contribution in [0.2, 0.25) is 0 Å². The van der Waals surface area contributed by atoms with Crippen molar-refractivity contribution < 1.29 is 14.6 Å². The number of aryl methyl sites for hydroxylation is 2. The zero-order chi connectivity index (χ0) is 17.3. The van der Waals surface area contributed by atoms with Crippen LogP contribution in [0.4, 0.5) is 0 Å². The fourth-order valence-electron chi connectivity index (χ4n) is 3.16. The van der Waals surface area contributed by atoms with Crippen molar-refractivity contribution in [2.45, 2.75) is 31.9 Å². The third kappa shape index (κ3) is 3.28. The molecule has 0 spiro atoms. The van der Waals surface area contributed by atoms with Gasteiger partial charge in [-0.15, -0.1) is 0 Å². The first-order valence-corrected chi connectivity index (χ1v) is 8.10. The van der Waals surface area contributed by atoms with Crippen LogP contribution in [0.25, 0.3) is 0 Å². The van der Waals surface area contributed by atoms with E-state index >= 15 is 0 Å². The molecule has 0 bridgehead atoms. The normalized spacial score (nSPS) is 21.0. The lowest BCUT2D eigenvalue weighted by atomic mass is 9.75. The summed E-state index contributed by atoms with van der Waals surface area (Å²) in [6.07, 6.45) is 4.79. The van der Waals surface area contributed by atoms with E-state index in [1.165, 1.54) is 0 Å². The molecule has 1 atom stereocenters. The number of rotatable bonds is 5. The molecule has 1 amide bonds. The minimum Gasteiger partial charge on any atom is -0.496 e. The van der Waals surface area contributed by atoms with E-state index < -0.39 is 0 Å². The van der Waals surface area contributed by atoms with Gasteiger partial charge in [0, 0.05) is 24.4 Å². The Morgan fingerprint density at radius 1 is 1.46 bits per heavy atom. The van der Waals surface area contributed by atoms with E-state index in [1.54, 1.807) is 30.1 Å². The first kappa shape index (κ1) is 16.5. The number of aliphatic hydroxyl groups excluding tert-OH is 1. The van der Waals surface area contributed by atoms with E-state index in [-0.39, 0.29) is 24.0 Å². The highest BCUT2D eigenvalue weighted by molar-refractivity contribution is 5.95. The van der Waals surface area contributed by atoms with E-state index in [9.17, 15) is 9.90 Å². The Morgan fingerprint density at radius 2 is 2.21 bits per heavy atom. The van der Waals surface area contributed by atoms with Gasteiger partial charge in [0.15, 0.2) is 0 Å². The zero-order valence-corrected chi connectivity index (χ0v) is 14.2. The number of benzene rings is 1. The van der Waals surface area contributed by atoms with Gasteiger partial charge < -0.3 is 15.2 Å². The molecule has 1 aliphatic carbocycles. The van der Waals surface area contributed by atoms with E-state index in [2.05, 4.69) is 10.4 Å². The first-order valence-electron chi connectivity index (χ1n) is 8.10. The Hall–Kier alpha value is -2.34. The Bertz CT molecular complexity index is 735. The van der Waals surface area contributed by atoms with Crippen LogP contribution in [0.3, 0.4) is 0 Å². The SMILES string of the molecule is COc1cc(C(=O)N[C@H](c2cnn(C)c2)C2CC(O)C2)ccc1C. The maximum Gasteiger partial charge on any atom is 0.251 e. The molecular weight excluding hydrogens is 306 g/mol. The van der Waals surface area contributed by atoms with E-state index in [0.717, 1.165) is 11.1 Å². The number of nitrogens with zero attached hydrogens (tertiary/aromatic N) is 2. The van der Waals surface area contributed by atoms with Crippen LogP contribution < -0.4 is 10.1 Å². The predicted molar refractivity (Wildman–Crippen MR) is 89.9 cm³/mol.